The molecule has 6 nitrogen and oxygen atoms in total. The number of methoxy groups -OCH3 is 1. The molecular weight excluding hydrogens is 438 g/mol. The van der Waals surface area contributed by atoms with E-state index in [0.29, 0.717) is 47.0 Å². The van der Waals surface area contributed by atoms with Crippen LogP contribution in [0.15, 0.2) is 6.07 Å². The Hall–Kier alpha value is -1.73. The molecule has 3 fully saturated rings. The summed E-state index contributed by atoms with van der Waals surface area (Å²) in [6.07, 6.45) is 8.83. The van der Waals surface area contributed by atoms with Crippen molar-refractivity contribution in [2.45, 2.75) is 96.6 Å². The second kappa shape index (κ2) is 9.87. The maximum absolute atomic E-state index is 13.9. The molecule has 0 radical (unpaired) electrons. The van der Waals surface area contributed by atoms with E-state index in [4.69, 9.17) is 4.74 Å². The quantitative estimate of drug-likeness (QED) is 0.442. The molecule has 7 heteroatoms. The number of hydrogen-bond acceptors (Lipinski definition) is 6. The third-order valence-corrected chi connectivity index (χ3v) is 9.31. The summed E-state index contributed by atoms with van der Waals surface area (Å²) < 4.78 is 5.07. The van der Waals surface area contributed by atoms with Crippen LogP contribution in [0.3, 0.4) is 0 Å². The Morgan fingerprint density at radius 2 is 1.70 bits per heavy atom. The molecule has 3 aliphatic rings. The number of aliphatic hydroxyl groups excluding tert-OH is 1. The molecule has 0 bridgehead atoms. The fourth-order valence-corrected chi connectivity index (χ4v) is 6.82. The van der Waals surface area contributed by atoms with Crippen LogP contribution >= 0.6 is 11.3 Å². The Balaban J connectivity index is 1.72. The fraction of sp³-hybridized carbons (Fsp3) is 0.731. The lowest BCUT2D eigenvalue weighted by Crippen LogP contribution is -2.47. The molecule has 182 valence electrons. The third kappa shape index (κ3) is 4.90. The number of carbonyl (C=O) groups excluding carboxylic acids is 3. The van der Waals surface area contributed by atoms with E-state index in [1.165, 1.54) is 18.4 Å². The number of esters is 1. The van der Waals surface area contributed by atoms with Crippen molar-refractivity contribution in [3.63, 3.8) is 0 Å². The van der Waals surface area contributed by atoms with Gasteiger partial charge in [0.1, 0.15) is 4.88 Å². The van der Waals surface area contributed by atoms with E-state index in [9.17, 15) is 19.5 Å². The van der Waals surface area contributed by atoms with Crippen LogP contribution in [0.2, 0.25) is 0 Å². The maximum atomic E-state index is 13.9. The zero-order chi connectivity index (χ0) is 23.8. The zero-order valence-corrected chi connectivity index (χ0v) is 20.9. The summed E-state index contributed by atoms with van der Waals surface area (Å²) in [5.74, 6) is 0.181. The Kier molecular flexibility index (Phi) is 7.29. The van der Waals surface area contributed by atoms with Gasteiger partial charge in [-0.05, 0) is 76.2 Å². The van der Waals surface area contributed by atoms with Gasteiger partial charge in [0.2, 0.25) is 5.91 Å². The smallest absolute Gasteiger partial charge is 0.350 e. The standard InChI is InChI=1S/C26H37NO5S/c1-16-5-7-17(8-6-16)24(30)27(18-9-11-19(28)12-10-18)20-15-21(33-22(20)25(31)32-3)23(29)26(2)13-4-14-26/h15-19,28H,4-14H2,1-3H3/t16-,17-,18-,19-. The van der Waals surface area contributed by atoms with Crippen molar-refractivity contribution in [3.05, 3.63) is 15.8 Å². The van der Waals surface area contributed by atoms with Gasteiger partial charge in [0, 0.05) is 17.4 Å². The lowest BCUT2D eigenvalue weighted by atomic mass is 9.67. The fourth-order valence-electron chi connectivity index (χ4n) is 5.66. The van der Waals surface area contributed by atoms with E-state index in [0.717, 1.165) is 44.9 Å². The lowest BCUT2D eigenvalue weighted by molar-refractivity contribution is -0.124. The highest BCUT2D eigenvalue weighted by Gasteiger charge is 2.42. The van der Waals surface area contributed by atoms with Crippen molar-refractivity contribution in [2.75, 3.05) is 12.0 Å². The van der Waals surface area contributed by atoms with Crippen LogP contribution in [0, 0.1) is 17.3 Å². The van der Waals surface area contributed by atoms with Crippen molar-refractivity contribution in [2.24, 2.45) is 17.3 Å². The zero-order valence-electron chi connectivity index (χ0n) is 20.1. The summed E-state index contributed by atoms with van der Waals surface area (Å²) in [5.41, 5.74) is 0.154. The third-order valence-electron chi connectivity index (χ3n) is 8.21. The molecule has 1 aromatic heterocycles. The van der Waals surface area contributed by atoms with Crippen LogP contribution < -0.4 is 4.90 Å². The highest BCUT2D eigenvalue weighted by Crippen LogP contribution is 2.46. The minimum Gasteiger partial charge on any atom is -0.465 e. The summed E-state index contributed by atoms with van der Waals surface area (Å²) in [5, 5.41) is 10.1. The minimum atomic E-state index is -0.501. The lowest BCUT2D eigenvalue weighted by Gasteiger charge is -2.39. The van der Waals surface area contributed by atoms with Gasteiger partial charge in [-0.1, -0.05) is 20.3 Å². The van der Waals surface area contributed by atoms with Gasteiger partial charge in [-0.3, -0.25) is 9.59 Å². The average Bonchev–Trinajstić information content (AvgIpc) is 3.23. The van der Waals surface area contributed by atoms with Crippen molar-refractivity contribution < 1.29 is 24.2 Å². The van der Waals surface area contributed by atoms with E-state index in [1.54, 1.807) is 6.07 Å². The molecule has 33 heavy (non-hydrogen) atoms. The maximum Gasteiger partial charge on any atom is 0.350 e. The summed E-state index contributed by atoms with van der Waals surface area (Å²) in [6, 6.07) is 1.69. The molecule has 3 aliphatic carbocycles. The van der Waals surface area contributed by atoms with Crippen LogP contribution in [0.1, 0.15) is 104 Å². The van der Waals surface area contributed by atoms with Crippen molar-refractivity contribution >= 4 is 34.7 Å². The average molecular weight is 476 g/mol. The van der Waals surface area contributed by atoms with Crippen LogP contribution in [-0.4, -0.2) is 42.0 Å². The largest absolute Gasteiger partial charge is 0.465 e. The minimum absolute atomic E-state index is 0.0556. The Morgan fingerprint density at radius 3 is 2.24 bits per heavy atom. The van der Waals surface area contributed by atoms with Crippen LogP contribution in [0.25, 0.3) is 0 Å². The molecule has 3 saturated carbocycles. The molecular formula is C26H37NO5S. The molecule has 1 amide bonds. The molecule has 0 aromatic carbocycles. The number of amides is 1. The molecule has 1 N–H and O–H groups in total. The Bertz CT molecular complexity index is 888. The van der Waals surface area contributed by atoms with Crippen molar-refractivity contribution in [1.82, 2.24) is 0 Å². The number of rotatable bonds is 6. The topological polar surface area (TPSA) is 83.9 Å². The molecule has 4 rings (SSSR count). The number of Topliss-reactive ketones (excluding diaryl/α,β-unsaturated/α-hetero) is 1. The van der Waals surface area contributed by atoms with E-state index in [1.807, 2.05) is 11.8 Å². The Morgan fingerprint density at radius 1 is 1.06 bits per heavy atom. The second-order valence-corrected chi connectivity index (χ2v) is 11.7. The summed E-state index contributed by atoms with van der Waals surface area (Å²) in [6.45, 7) is 4.22. The summed E-state index contributed by atoms with van der Waals surface area (Å²) in [7, 11) is 1.34. The summed E-state index contributed by atoms with van der Waals surface area (Å²) >= 11 is 1.17. The monoisotopic (exact) mass is 475 g/mol. The molecule has 0 aliphatic heterocycles. The number of aliphatic hydroxyl groups is 1. The summed E-state index contributed by atoms with van der Waals surface area (Å²) in [4.78, 5) is 42.7. The number of anilines is 1. The van der Waals surface area contributed by atoms with Gasteiger partial charge in [0.15, 0.2) is 5.78 Å². The first-order valence-corrected chi connectivity index (χ1v) is 13.3. The van der Waals surface area contributed by atoms with Crippen LogP contribution in [-0.2, 0) is 9.53 Å². The molecule has 0 unspecified atom stereocenters. The number of hydrogen-bond donors (Lipinski definition) is 1. The van der Waals surface area contributed by atoms with Crippen molar-refractivity contribution in [1.29, 1.82) is 0 Å². The van der Waals surface area contributed by atoms with Gasteiger partial charge in [-0.25, -0.2) is 4.79 Å². The molecule has 1 aromatic rings. The first-order chi connectivity index (χ1) is 15.7. The van der Waals surface area contributed by atoms with Crippen LogP contribution in [0.4, 0.5) is 5.69 Å². The number of ketones is 1. The Labute approximate surface area is 200 Å². The molecule has 0 atom stereocenters. The van der Waals surface area contributed by atoms with Gasteiger partial charge in [-0.2, -0.15) is 0 Å². The predicted molar refractivity (Wildman–Crippen MR) is 129 cm³/mol. The molecule has 1 heterocycles. The van der Waals surface area contributed by atoms with E-state index >= 15 is 0 Å². The number of carbonyl (C=O) groups is 3. The van der Waals surface area contributed by atoms with Gasteiger partial charge in [0.25, 0.3) is 0 Å². The highest BCUT2D eigenvalue weighted by molar-refractivity contribution is 7.16. The number of thiophene rings is 1. The number of nitrogens with zero attached hydrogens (tertiary/aromatic N) is 1. The van der Waals surface area contributed by atoms with E-state index in [2.05, 4.69) is 6.92 Å². The van der Waals surface area contributed by atoms with E-state index < -0.39 is 5.97 Å². The first kappa shape index (κ1) is 24.4. The predicted octanol–water partition coefficient (Wildman–Crippen LogP) is 5.37. The normalized spacial score (nSPS) is 29.1. The van der Waals surface area contributed by atoms with Crippen molar-refractivity contribution in [3.8, 4) is 0 Å². The van der Waals surface area contributed by atoms with Gasteiger partial charge in [-0.15, -0.1) is 11.3 Å². The van der Waals surface area contributed by atoms with Gasteiger partial charge >= 0.3 is 5.97 Å². The molecule has 0 spiro atoms. The molecule has 0 saturated heterocycles. The van der Waals surface area contributed by atoms with Gasteiger partial charge in [0.05, 0.1) is 23.8 Å². The van der Waals surface area contributed by atoms with E-state index in [-0.39, 0.29) is 35.2 Å². The second-order valence-electron chi connectivity index (χ2n) is 10.7. The SMILES string of the molecule is COC(=O)c1sc(C(=O)C2(C)CCC2)cc1N(C(=O)[C@H]1CC[C@H](C)CC1)[C@H]1CC[C@H](O)CC1. The van der Waals surface area contributed by atoms with Crippen LogP contribution in [0.5, 0.6) is 0 Å². The first-order valence-electron chi connectivity index (χ1n) is 12.5. The van der Waals surface area contributed by atoms with Gasteiger partial charge < -0.3 is 14.7 Å². The number of ether oxygens (including phenoxy) is 1. The highest BCUT2D eigenvalue weighted by atomic mass is 32.1.